The fourth-order valence-corrected chi connectivity index (χ4v) is 1.36. The Morgan fingerprint density at radius 1 is 1.38 bits per heavy atom. The van der Waals surface area contributed by atoms with Crippen molar-refractivity contribution in [2.45, 2.75) is 65.0 Å². The van der Waals surface area contributed by atoms with Crippen LogP contribution in [0.1, 0.15) is 52.9 Å². The Kier molecular flexibility index (Phi) is 8.35. The molecule has 0 aromatic carbocycles. The molecule has 5 nitrogen and oxygen atoms in total. The molecule has 92 valence electrons. The van der Waals surface area contributed by atoms with Gasteiger partial charge in [-0.05, 0) is 25.8 Å². The molecule has 0 rings (SSSR count). The largest absolute Gasteiger partial charge is 0.463 e. The molecular formula is C11H21N3O2. The van der Waals surface area contributed by atoms with Gasteiger partial charge in [-0.25, -0.2) is 0 Å². The van der Waals surface area contributed by atoms with E-state index in [0.29, 0.717) is 6.42 Å². The third kappa shape index (κ3) is 7.12. The van der Waals surface area contributed by atoms with E-state index in [4.69, 9.17) is 10.3 Å². The van der Waals surface area contributed by atoms with E-state index in [9.17, 15) is 4.79 Å². The third-order valence-electron chi connectivity index (χ3n) is 2.15. The summed E-state index contributed by atoms with van der Waals surface area (Å²) >= 11 is 0. The number of hydrogen-bond donors (Lipinski definition) is 0. The van der Waals surface area contributed by atoms with Gasteiger partial charge in [0, 0.05) is 4.91 Å². The summed E-state index contributed by atoms with van der Waals surface area (Å²) < 4.78 is 5.02. The predicted octanol–water partition coefficient (Wildman–Crippen LogP) is 3.59. The Labute approximate surface area is 96.8 Å². The summed E-state index contributed by atoms with van der Waals surface area (Å²) in [7, 11) is 0. The van der Waals surface area contributed by atoms with Crippen LogP contribution < -0.4 is 0 Å². The first-order chi connectivity index (χ1) is 7.61. The van der Waals surface area contributed by atoms with Gasteiger partial charge < -0.3 is 4.74 Å². The molecule has 0 amide bonds. The molecule has 0 spiro atoms. The maximum atomic E-state index is 11.5. The Balaban J connectivity index is 4.05. The summed E-state index contributed by atoms with van der Waals surface area (Å²) in [5.41, 5.74) is 8.37. The maximum Gasteiger partial charge on any atom is 0.315 e. The highest BCUT2D eigenvalue weighted by atomic mass is 16.5. The highest BCUT2D eigenvalue weighted by Gasteiger charge is 2.18. The molecule has 1 atom stereocenters. The predicted molar refractivity (Wildman–Crippen MR) is 62.9 cm³/mol. The van der Waals surface area contributed by atoms with Crippen LogP contribution in [0, 0.1) is 0 Å². The van der Waals surface area contributed by atoms with Crippen molar-refractivity contribution < 1.29 is 9.53 Å². The van der Waals surface area contributed by atoms with E-state index in [1.165, 1.54) is 0 Å². The first-order valence-corrected chi connectivity index (χ1v) is 5.86. The molecule has 0 bridgehead atoms. The van der Waals surface area contributed by atoms with Crippen LogP contribution in [0.2, 0.25) is 0 Å². The van der Waals surface area contributed by atoms with Crippen molar-refractivity contribution in [2.75, 3.05) is 0 Å². The molecule has 0 saturated heterocycles. The molecule has 0 aliphatic rings. The van der Waals surface area contributed by atoms with Gasteiger partial charge in [0.25, 0.3) is 0 Å². The number of hydrogen-bond acceptors (Lipinski definition) is 3. The van der Waals surface area contributed by atoms with Crippen LogP contribution in [0.4, 0.5) is 0 Å². The molecular weight excluding hydrogens is 206 g/mol. The second kappa shape index (κ2) is 9.04. The van der Waals surface area contributed by atoms with E-state index in [0.717, 1.165) is 25.7 Å². The fraction of sp³-hybridized carbons (Fsp3) is 0.909. The number of esters is 1. The first kappa shape index (κ1) is 14.8. The summed E-state index contributed by atoms with van der Waals surface area (Å²) in [5, 5.41) is 3.48. The van der Waals surface area contributed by atoms with Gasteiger partial charge in [0.2, 0.25) is 0 Å². The summed E-state index contributed by atoms with van der Waals surface area (Å²) in [6.45, 7) is 5.68. The highest BCUT2D eigenvalue weighted by Crippen LogP contribution is 2.10. The number of unbranched alkanes of at least 4 members (excludes halogenated alkanes) is 3. The van der Waals surface area contributed by atoms with Gasteiger partial charge >= 0.3 is 5.97 Å². The molecule has 0 heterocycles. The molecule has 0 fully saturated rings. The van der Waals surface area contributed by atoms with Crippen LogP contribution in [-0.4, -0.2) is 18.1 Å². The standard InChI is InChI=1S/C11H21N3O2/c1-4-5-6-7-8-10(13-14-12)11(15)16-9(2)3/h9-10H,4-8H2,1-3H3. The lowest BCUT2D eigenvalue weighted by Gasteiger charge is -2.13. The zero-order chi connectivity index (χ0) is 12.4. The SMILES string of the molecule is CCCCCCC(N=[N+]=[N-])C(=O)OC(C)C. The Bertz CT molecular complexity index is 248. The van der Waals surface area contributed by atoms with Crippen molar-refractivity contribution in [3.63, 3.8) is 0 Å². The summed E-state index contributed by atoms with van der Waals surface area (Å²) in [4.78, 5) is 14.2. The molecule has 0 aromatic heterocycles. The normalized spacial score (nSPS) is 12.0. The van der Waals surface area contributed by atoms with Crippen LogP contribution in [0.3, 0.4) is 0 Å². The van der Waals surface area contributed by atoms with Crippen molar-refractivity contribution in [3.8, 4) is 0 Å². The van der Waals surface area contributed by atoms with E-state index in [-0.39, 0.29) is 6.10 Å². The number of nitrogens with zero attached hydrogens (tertiary/aromatic N) is 3. The molecule has 0 radical (unpaired) electrons. The van der Waals surface area contributed by atoms with Crippen LogP contribution in [0.15, 0.2) is 5.11 Å². The number of azide groups is 1. The first-order valence-electron chi connectivity index (χ1n) is 5.86. The van der Waals surface area contributed by atoms with Crippen LogP contribution in [0.5, 0.6) is 0 Å². The minimum absolute atomic E-state index is 0.167. The molecule has 5 heteroatoms. The lowest BCUT2D eigenvalue weighted by Crippen LogP contribution is -2.24. The van der Waals surface area contributed by atoms with Gasteiger partial charge in [-0.1, -0.05) is 37.7 Å². The minimum Gasteiger partial charge on any atom is -0.463 e. The van der Waals surface area contributed by atoms with E-state index >= 15 is 0 Å². The molecule has 0 saturated carbocycles. The lowest BCUT2D eigenvalue weighted by atomic mass is 10.1. The molecule has 16 heavy (non-hydrogen) atoms. The number of carbonyl (C=O) groups excluding carboxylic acids is 1. The summed E-state index contributed by atoms with van der Waals surface area (Å²) in [5.74, 6) is -0.413. The monoisotopic (exact) mass is 227 g/mol. The van der Waals surface area contributed by atoms with Gasteiger partial charge in [0.05, 0.1) is 6.10 Å². The molecule has 0 aliphatic heterocycles. The van der Waals surface area contributed by atoms with E-state index in [2.05, 4.69) is 16.9 Å². The van der Waals surface area contributed by atoms with Gasteiger partial charge in [-0.3, -0.25) is 4.79 Å². The third-order valence-corrected chi connectivity index (χ3v) is 2.15. The number of ether oxygens (including phenoxy) is 1. The van der Waals surface area contributed by atoms with Gasteiger partial charge in [-0.2, -0.15) is 0 Å². The maximum absolute atomic E-state index is 11.5. The quantitative estimate of drug-likeness (QED) is 0.209. The minimum atomic E-state index is -0.663. The number of rotatable bonds is 8. The second-order valence-corrected chi connectivity index (χ2v) is 4.06. The summed E-state index contributed by atoms with van der Waals surface area (Å²) in [6.07, 6.45) is 4.65. The number of carbonyl (C=O) groups is 1. The van der Waals surface area contributed by atoms with Crippen molar-refractivity contribution in [1.29, 1.82) is 0 Å². The molecule has 0 N–H and O–H groups in total. The smallest absolute Gasteiger partial charge is 0.315 e. The van der Waals surface area contributed by atoms with Crippen LogP contribution in [0.25, 0.3) is 10.4 Å². The average Bonchev–Trinajstić information content (AvgIpc) is 2.21. The van der Waals surface area contributed by atoms with Crippen molar-refractivity contribution in [1.82, 2.24) is 0 Å². The Hall–Kier alpha value is -1.22. The zero-order valence-electron chi connectivity index (χ0n) is 10.3. The van der Waals surface area contributed by atoms with Gasteiger partial charge in [-0.15, -0.1) is 0 Å². The van der Waals surface area contributed by atoms with Gasteiger partial charge in [0.15, 0.2) is 0 Å². The zero-order valence-corrected chi connectivity index (χ0v) is 10.3. The van der Waals surface area contributed by atoms with E-state index < -0.39 is 12.0 Å². The van der Waals surface area contributed by atoms with Crippen molar-refractivity contribution in [3.05, 3.63) is 10.4 Å². The van der Waals surface area contributed by atoms with Gasteiger partial charge in [0.1, 0.15) is 6.04 Å². The van der Waals surface area contributed by atoms with Crippen LogP contribution >= 0.6 is 0 Å². The van der Waals surface area contributed by atoms with Crippen molar-refractivity contribution in [2.24, 2.45) is 5.11 Å². The Morgan fingerprint density at radius 3 is 2.56 bits per heavy atom. The summed E-state index contributed by atoms with van der Waals surface area (Å²) in [6, 6.07) is -0.663. The fourth-order valence-electron chi connectivity index (χ4n) is 1.36. The van der Waals surface area contributed by atoms with E-state index in [1.807, 2.05) is 0 Å². The Morgan fingerprint density at radius 2 is 2.06 bits per heavy atom. The molecule has 1 unspecified atom stereocenters. The lowest BCUT2D eigenvalue weighted by molar-refractivity contribution is -0.149. The average molecular weight is 227 g/mol. The van der Waals surface area contributed by atoms with E-state index in [1.54, 1.807) is 13.8 Å². The molecule has 0 aliphatic carbocycles. The molecule has 0 aromatic rings. The highest BCUT2D eigenvalue weighted by molar-refractivity contribution is 5.76. The topological polar surface area (TPSA) is 75.1 Å². The second-order valence-electron chi connectivity index (χ2n) is 4.06. The van der Waals surface area contributed by atoms with Crippen molar-refractivity contribution >= 4 is 5.97 Å². The van der Waals surface area contributed by atoms with Crippen LogP contribution in [-0.2, 0) is 9.53 Å².